The number of hydrogen-bond acceptors (Lipinski definition) is 2. The molecule has 28 heavy (non-hydrogen) atoms. The molecule has 0 saturated carbocycles. The van der Waals surface area contributed by atoms with Crippen LogP contribution in [0.3, 0.4) is 0 Å². The molecule has 2 atom stereocenters. The molecular weight excluding hydrogens is 342 g/mol. The molecule has 0 aliphatic heterocycles. The fourth-order valence-corrected chi connectivity index (χ4v) is 3.16. The summed E-state index contributed by atoms with van der Waals surface area (Å²) in [6.45, 7) is 3.58. The summed E-state index contributed by atoms with van der Waals surface area (Å²) in [6.07, 6.45) is 5.36. The zero-order valence-corrected chi connectivity index (χ0v) is 16.5. The van der Waals surface area contributed by atoms with E-state index in [1.165, 1.54) is 16.7 Å². The van der Waals surface area contributed by atoms with E-state index in [0.29, 0.717) is 13.2 Å². The molecule has 3 rings (SSSR count). The second kappa shape index (κ2) is 11.2. The molecule has 0 aliphatic carbocycles. The van der Waals surface area contributed by atoms with Gasteiger partial charge in [-0.25, -0.2) is 0 Å². The van der Waals surface area contributed by atoms with Crippen molar-refractivity contribution in [2.45, 2.75) is 32.0 Å². The van der Waals surface area contributed by atoms with Crippen molar-refractivity contribution in [3.63, 3.8) is 0 Å². The van der Waals surface area contributed by atoms with Crippen LogP contribution < -0.4 is 5.32 Å². The molecular formula is C26H29NO. The van der Waals surface area contributed by atoms with Crippen molar-refractivity contribution in [3.05, 3.63) is 114 Å². The van der Waals surface area contributed by atoms with Gasteiger partial charge in [0.15, 0.2) is 0 Å². The van der Waals surface area contributed by atoms with Gasteiger partial charge in [0.05, 0.1) is 6.61 Å². The Bertz CT molecular complexity index is 815. The molecule has 0 aromatic heterocycles. The summed E-state index contributed by atoms with van der Waals surface area (Å²) in [6, 6.07) is 31.8. The van der Waals surface area contributed by atoms with Crippen LogP contribution in [0.4, 0.5) is 0 Å². The van der Waals surface area contributed by atoms with Crippen molar-refractivity contribution in [1.29, 1.82) is 0 Å². The fourth-order valence-electron chi connectivity index (χ4n) is 3.16. The molecule has 1 N–H and O–H groups in total. The monoisotopic (exact) mass is 371 g/mol. The van der Waals surface area contributed by atoms with E-state index in [1.54, 1.807) is 0 Å². The van der Waals surface area contributed by atoms with Gasteiger partial charge in [0, 0.05) is 18.7 Å². The smallest absolute Gasteiger partial charge is 0.0716 e. The Hall–Kier alpha value is -2.68. The van der Waals surface area contributed by atoms with Crippen molar-refractivity contribution in [2.75, 3.05) is 6.61 Å². The van der Waals surface area contributed by atoms with Crippen LogP contribution in [0.15, 0.2) is 97.1 Å². The van der Waals surface area contributed by atoms with Gasteiger partial charge in [0.2, 0.25) is 0 Å². The van der Waals surface area contributed by atoms with E-state index >= 15 is 0 Å². The molecule has 2 heteroatoms. The zero-order valence-electron chi connectivity index (χ0n) is 16.5. The Morgan fingerprint density at radius 2 is 1.43 bits per heavy atom. The van der Waals surface area contributed by atoms with Gasteiger partial charge in [-0.3, -0.25) is 0 Å². The fraction of sp³-hybridized carbons (Fsp3) is 0.231. The van der Waals surface area contributed by atoms with Gasteiger partial charge in [0.25, 0.3) is 0 Å². The molecule has 0 amide bonds. The van der Waals surface area contributed by atoms with Crippen LogP contribution in [0.25, 0.3) is 6.08 Å². The Balaban J connectivity index is 1.57. The SMILES string of the molecule is C[C@@H](N[C@H](/C=C/c1ccccc1)CCOCc1ccccc1)c1ccccc1. The van der Waals surface area contributed by atoms with E-state index in [4.69, 9.17) is 4.74 Å². The van der Waals surface area contributed by atoms with E-state index in [9.17, 15) is 0 Å². The normalized spacial score (nSPS) is 13.5. The number of benzene rings is 3. The van der Waals surface area contributed by atoms with E-state index in [0.717, 1.165) is 6.42 Å². The zero-order chi connectivity index (χ0) is 19.4. The lowest BCUT2D eigenvalue weighted by Gasteiger charge is -2.21. The van der Waals surface area contributed by atoms with E-state index in [1.807, 2.05) is 24.3 Å². The first-order valence-corrected chi connectivity index (χ1v) is 9.97. The van der Waals surface area contributed by atoms with E-state index in [-0.39, 0.29) is 12.1 Å². The molecule has 2 nitrogen and oxygen atoms in total. The maximum absolute atomic E-state index is 5.92. The molecule has 0 heterocycles. The minimum absolute atomic E-state index is 0.242. The molecule has 0 aliphatic rings. The molecule has 3 aromatic rings. The summed E-state index contributed by atoms with van der Waals surface area (Å²) in [4.78, 5) is 0. The Kier molecular flexibility index (Phi) is 8.05. The van der Waals surface area contributed by atoms with Crippen molar-refractivity contribution >= 4 is 6.08 Å². The van der Waals surface area contributed by atoms with Crippen LogP contribution in [0.2, 0.25) is 0 Å². The maximum atomic E-state index is 5.92. The number of ether oxygens (including phenoxy) is 1. The van der Waals surface area contributed by atoms with Crippen LogP contribution in [-0.2, 0) is 11.3 Å². The first kappa shape index (κ1) is 20.1. The standard InChI is InChI=1S/C26H29NO/c1-22(25-15-9-4-10-16-25)27-26(18-17-23-11-5-2-6-12-23)19-20-28-21-24-13-7-3-8-14-24/h2-18,22,26-27H,19-21H2,1H3/b18-17+/t22-,26-/m1/s1. The first-order chi connectivity index (χ1) is 13.8. The lowest BCUT2D eigenvalue weighted by molar-refractivity contribution is 0.113. The first-order valence-electron chi connectivity index (χ1n) is 9.97. The Morgan fingerprint density at radius 3 is 2.11 bits per heavy atom. The number of rotatable bonds is 10. The van der Waals surface area contributed by atoms with Crippen molar-refractivity contribution in [1.82, 2.24) is 5.32 Å². The van der Waals surface area contributed by atoms with Gasteiger partial charge < -0.3 is 10.1 Å². The molecule has 0 unspecified atom stereocenters. The van der Waals surface area contributed by atoms with Gasteiger partial charge >= 0.3 is 0 Å². The summed E-state index contributed by atoms with van der Waals surface area (Å²) in [5.74, 6) is 0. The third-order valence-corrected chi connectivity index (χ3v) is 4.77. The maximum Gasteiger partial charge on any atom is 0.0716 e. The lowest BCUT2D eigenvalue weighted by Crippen LogP contribution is -2.31. The summed E-state index contributed by atoms with van der Waals surface area (Å²) < 4.78 is 5.92. The average Bonchev–Trinajstić information content (AvgIpc) is 2.77. The molecule has 3 aromatic carbocycles. The second-order valence-corrected chi connectivity index (χ2v) is 7.00. The summed E-state index contributed by atoms with van der Waals surface area (Å²) in [7, 11) is 0. The Morgan fingerprint density at radius 1 is 0.821 bits per heavy atom. The Labute approximate surface area is 168 Å². The van der Waals surface area contributed by atoms with Gasteiger partial charge in [-0.1, -0.05) is 103 Å². The number of hydrogen-bond donors (Lipinski definition) is 1. The van der Waals surface area contributed by atoms with Crippen LogP contribution in [0, 0.1) is 0 Å². The topological polar surface area (TPSA) is 21.3 Å². The number of nitrogens with one attached hydrogen (secondary N) is 1. The van der Waals surface area contributed by atoms with Crippen LogP contribution in [0.1, 0.15) is 36.1 Å². The minimum atomic E-state index is 0.242. The molecule has 0 radical (unpaired) electrons. The van der Waals surface area contributed by atoms with Crippen molar-refractivity contribution < 1.29 is 4.74 Å². The van der Waals surface area contributed by atoms with Gasteiger partial charge in [-0.2, -0.15) is 0 Å². The van der Waals surface area contributed by atoms with Crippen LogP contribution in [-0.4, -0.2) is 12.6 Å². The highest BCUT2D eigenvalue weighted by molar-refractivity contribution is 5.49. The quantitative estimate of drug-likeness (QED) is 0.440. The largest absolute Gasteiger partial charge is 0.377 e. The predicted molar refractivity (Wildman–Crippen MR) is 118 cm³/mol. The van der Waals surface area contributed by atoms with Crippen molar-refractivity contribution in [3.8, 4) is 0 Å². The second-order valence-electron chi connectivity index (χ2n) is 7.00. The molecule has 0 bridgehead atoms. The van der Waals surface area contributed by atoms with Crippen molar-refractivity contribution in [2.24, 2.45) is 0 Å². The summed E-state index contributed by atoms with van der Waals surface area (Å²) in [5.41, 5.74) is 3.72. The minimum Gasteiger partial charge on any atom is -0.377 e. The molecule has 144 valence electrons. The molecule has 0 spiro atoms. The van der Waals surface area contributed by atoms with Crippen LogP contribution >= 0.6 is 0 Å². The van der Waals surface area contributed by atoms with Gasteiger partial charge in [-0.15, -0.1) is 0 Å². The summed E-state index contributed by atoms with van der Waals surface area (Å²) in [5, 5.41) is 3.74. The lowest BCUT2D eigenvalue weighted by atomic mass is 10.1. The third kappa shape index (κ3) is 6.80. The van der Waals surface area contributed by atoms with Gasteiger partial charge in [-0.05, 0) is 30.0 Å². The van der Waals surface area contributed by atoms with E-state index in [2.05, 4.69) is 91.1 Å². The van der Waals surface area contributed by atoms with E-state index < -0.39 is 0 Å². The predicted octanol–water partition coefficient (Wildman–Crippen LogP) is 6.03. The van der Waals surface area contributed by atoms with Gasteiger partial charge in [0.1, 0.15) is 0 Å². The highest BCUT2D eigenvalue weighted by Crippen LogP contribution is 2.14. The average molecular weight is 372 g/mol. The summed E-state index contributed by atoms with van der Waals surface area (Å²) >= 11 is 0. The highest BCUT2D eigenvalue weighted by Gasteiger charge is 2.11. The highest BCUT2D eigenvalue weighted by atomic mass is 16.5. The molecule has 0 saturated heterocycles. The third-order valence-electron chi connectivity index (χ3n) is 4.77. The molecule has 0 fully saturated rings. The van der Waals surface area contributed by atoms with Crippen LogP contribution in [0.5, 0.6) is 0 Å².